The minimum absolute atomic E-state index is 0.230. The summed E-state index contributed by atoms with van der Waals surface area (Å²) in [7, 11) is 4.50. The van der Waals surface area contributed by atoms with E-state index in [-0.39, 0.29) is 5.56 Å². The van der Waals surface area contributed by atoms with Crippen LogP contribution in [0.2, 0.25) is 0 Å². The molecule has 0 amide bonds. The molecule has 0 bridgehead atoms. The minimum atomic E-state index is -0.655. The number of benzene rings is 2. The number of methoxy groups -OCH3 is 3. The van der Waals surface area contributed by atoms with Gasteiger partial charge in [-0.3, -0.25) is 9.36 Å². The number of carbonyl (C=O) groups is 1. The topological polar surface area (TPSA) is 79.1 Å². The fraction of sp³-hybridized carbons (Fsp3) is 0.208. The molecule has 0 N–H and O–H groups in total. The summed E-state index contributed by atoms with van der Waals surface area (Å²) < 4.78 is 17.6. The molecular weight excluding hydrogens is 428 g/mol. The van der Waals surface area contributed by atoms with E-state index >= 15 is 0 Å². The van der Waals surface area contributed by atoms with Crippen LogP contribution in [0.25, 0.3) is 6.08 Å². The maximum absolute atomic E-state index is 13.5. The summed E-state index contributed by atoms with van der Waals surface area (Å²) in [5.74, 6) is 0.861. The van der Waals surface area contributed by atoms with Gasteiger partial charge in [-0.2, -0.15) is 0 Å². The van der Waals surface area contributed by atoms with Gasteiger partial charge in [0.1, 0.15) is 11.5 Å². The van der Waals surface area contributed by atoms with E-state index in [2.05, 4.69) is 4.99 Å². The zero-order chi connectivity index (χ0) is 22.8. The number of allylic oxidation sites excluding steroid dienone is 1. The Balaban J connectivity index is 1.94. The Hall–Kier alpha value is -3.65. The Morgan fingerprint density at radius 3 is 2.44 bits per heavy atom. The summed E-state index contributed by atoms with van der Waals surface area (Å²) in [6.07, 6.45) is 1.80. The first-order chi connectivity index (χ1) is 15.5. The number of esters is 1. The number of nitrogens with zero attached hydrogens (tertiary/aromatic N) is 2. The average Bonchev–Trinajstić information content (AvgIpc) is 3.12. The molecule has 4 rings (SSSR count). The van der Waals surface area contributed by atoms with Crippen LogP contribution in [0, 0.1) is 0 Å². The van der Waals surface area contributed by atoms with Gasteiger partial charge >= 0.3 is 5.97 Å². The predicted molar refractivity (Wildman–Crippen MR) is 122 cm³/mol. The summed E-state index contributed by atoms with van der Waals surface area (Å²) >= 11 is 1.28. The lowest BCUT2D eigenvalue weighted by molar-refractivity contribution is -0.136. The van der Waals surface area contributed by atoms with Crippen LogP contribution in [0.4, 0.5) is 0 Å². The largest absolute Gasteiger partial charge is 0.497 e. The number of hydrogen-bond acceptors (Lipinski definition) is 7. The van der Waals surface area contributed by atoms with Crippen molar-refractivity contribution in [1.82, 2.24) is 4.57 Å². The van der Waals surface area contributed by atoms with Crippen molar-refractivity contribution in [1.29, 1.82) is 0 Å². The van der Waals surface area contributed by atoms with E-state index in [4.69, 9.17) is 14.2 Å². The molecule has 7 nitrogen and oxygen atoms in total. The maximum atomic E-state index is 13.5. The summed E-state index contributed by atoms with van der Waals surface area (Å²) in [5, 5.41) is 0. The van der Waals surface area contributed by atoms with E-state index in [9.17, 15) is 9.59 Å². The molecule has 1 aliphatic rings. The number of ether oxygens (including phenoxy) is 3. The highest BCUT2D eigenvalue weighted by molar-refractivity contribution is 7.07. The Kier molecular flexibility index (Phi) is 5.96. The van der Waals surface area contributed by atoms with Crippen LogP contribution < -0.4 is 24.4 Å². The van der Waals surface area contributed by atoms with Crippen LogP contribution in [0.5, 0.6) is 11.5 Å². The SMILES string of the molecule is COC(=O)C1=C(C)N=c2s/c(=C/c3cccc(OC)c3)c(=O)n2[C@@H]1c1ccc(OC)cc1. The lowest BCUT2D eigenvalue weighted by atomic mass is 9.96. The second kappa shape index (κ2) is 8.84. The van der Waals surface area contributed by atoms with Crippen LogP contribution >= 0.6 is 11.3 Å². The third kappa shape index (κ3) is 3.85. The second-order valence-electron chi connectivity index (χ2n) is 7.12. The van der Waals surface area contributed by atoms with Gasteiger partial charge in [-0.1, -0.05) is 35.6 Å². The van der Waals surface area contributed by atoms with Crippen LogP contribution in [-0.4, -0.2) is 31.9 Å². The lowest BCUT2D eigenvalue weighted by Crippen LogP contribution is -2.39. The molecule has 0 radical (unpaired) electrons. The van der Waals surface area contributed by atoms with Gasteiger partial charge in [0.15, 0.2) is 4.80 Å². The molecule has 1 aliphatic heterocycles. The lowest BCUT2D eigenvalue weighted by Gasteiger charge is -2.24. The monoisotopic (exact) mass is 450 g/mol. The van der Waals surface area contributed by atoms with Crippen LogP contribution in [-0.2, 0) is 9.53 Å². The summed E-state index contributed by atoms with van der Waals surface area (Å²) in [6, 6.07) is 14.1. The number of fused-ring (bicyclic) bond motifs is 1. The zero-order valence-corrected chi connectivity index (χ0v) is 18.9. The quantitative estimate of drug-likeness (QED) is 0.558. The number of thiazole rings is 1. The Bertz CT molecular complexity index is 1380. The molecule has 164 valence electrons. The molecule has 3 aromatic rings. The third-order valence-electron chi connectivity index (χ3n) is 5.25. The Morgan fingerprint density at radius 1 is 1.06 bits per heavy atom. The van der Waals surface area contributed by atoms with E-state index in [0.29, 0.717) is 32.1 Å². The van der Waals surface area contributed by atoms with Gasteiger partial charge in [-0.05, 0) is 48.4 Å². The van der Waals surface area contributed by atoms with Gasteiger partial charge in [0.25, 0.3) is 5.56 Å². The molecule has 0 saturated carbocycles. The van der Waals surface area contributed by atoms with Crippen molar-refractivity contribution in [2.45, 2.75) is 13.0 Å². The number of aromatic nitrogens is 1. The van der Waals surface area contributed by atoms with Crippen LogP contribution in [0.1, 0.15) is 24.1 Å². The average molecular weight is 451 g/mol. The Morgan fingerprint density at radius 2 is 1.78 bits per heavy atom. The summed E-state index contributed by atoms with van der Waals surface area (Å²) in [5.41, 5.74) is 2.21. The number of rotatable bonds is 5. The van der Waals surface area contributed by atoms with Gasteiger partial charge in [-0.15, -0.1) is 0 Å². The molecular formula is C24H22N2O5S. The van der Waals surface area contributed by atoms with Crippen molar-refractivity contribution in [3.8, 4) is 11.5 Å². The molecule has 1 aromatic heterocycles. The molecule has 0 unspecified atom stereocenters. The first-order valence-corrected chi connectivity index (χ1v) is 10.7. The zero-order valence-electron chi connectivity index (χ0n) is 18.1. The molecule has 0 fully saturated rings. The van der Waals surface area contributed by atoms with Crippen LogP contribution in [0.3, 0.4) is 0 Å². The molecule has 2 aromatic carbocycles. The van der Waals surface area contributed by atoms with Crippen molar-refractivity contribution in [2.75, 3.05) is 21.3 Å². The van der Waals surface area contributed by atoms with Crippen molar-refractivity contribution in [3.63, 3.8) is 0 Å². The van der Waals surface area contributed by atoms with Crippen molar-refractivity contribution >= 4 is 23.4 Å². The third-order valence-corrected chi connectivity index (χ3v) is 6.23. The van der Waals surface area contributed by atoms with E-state index in [0.717, 1.165) is 11.1 Å². The highest BCUT2D eigenvalue weighted by Crippen LogP contribution is 2.31. The fourth-order valence-corrected chi connectivity index (χ4v) is 4.72. The van der Waals surface area contributed by atoms with Gasteiger partial charge < -0.3 is 14.2 Å². The van der Waals surface area contributed by atoms with E-state index < -0.39 is 12.0 Å². The van der Waals surface area contributed by atoms with Gasteiger partial charge in [0.2, 0.25) is 0 Å². The van der Waals surface area contributed by atoms with Gasteiger partial charge in [-0.25, -0.2) is 9.79 Å². The van der Waals surface area contributed by atoms with E-state index in [1.54, 1.807) is 43.9 Å². The number of hydrogen-bond donors (Lipinski definition) is 0. The molecule has 0 spiro atoms. The second-order valence-corrected chi connectivity index (χ2v) is 8.13. The minimum Gasteiger partial charge on any atom is -0.497 e. The maximum Gasteiger partial charge on any atom is 0.338 e. The first kappa shape index (κ1) is 21.6. The van der Waals surface area contributed by atoms with Gasteiger partial charge in [0, 0.05) is 0 Å². The summed E-state index contributed by atoms with van der Waals surface area (Å²) in [4.78, 5) is 31.2. The molecule has 2 heterocycles. The predicted octanol–water partition coefficient (Wildman–Crippen LogP) is 2.43. The van der Waals surface area contributed by atoms with Gasteiger partial charge in [0.05, 0.1) is 43.2 Å². The number of carbonyl (C=O) groups excluding carboxylic acids is 1. The van der Waals surface area contributed by atoms with Crippen molar-refractivity contribution in [3.05, 3.63) is 90.6 Å². The van der Waals surface area contributed by atoms with Crippen LogP contribution in [0.15, 0.2) is 69.6 Å². The normalized spacial score (nSPS) is 15.8. The Labute approximate surface area is 188 Å². The van der Waals surface area contributed by atoms with E-state index in [1.807, 2.05) is 36.4 Å². The molecule has 32 heavy (non-hydrogen) atoms. The molecule has 1 atom stereocenters. The molecule has 0 saturated heterocycles. The molecule has 8 heteroatoms. The van der Waals surface area contributed by atoms with E-state index in [1.165, 1.54) is 18.4 Å². The summed E-state index contributed by atoms with van der Waals surface area (Å²) in [6.45, 7) is 1.75. The highest BCUT2D eigenvalue weighted by atomic mass is 32.1. The van der Waals surface area contributed by atoms with Crippen molar-refractivity contribution < 1.29 is 19.0 Å². The highest BCUT2D eigenvalue weighted by Gasteiger charge is 2.33. The smallest absolute Gasteiger partial charge is 0.338 e. The first-order valence-electron chi connectivity index (χ1n) is 9.85. The molecule has 0 aliphatic carbocycles. The standard InChI is InChI=1S/C24H22N2O5S/c1-14-20(23(28)31-4)21(16-8-10-17(29-2)11-9-16)26-22(27)19(32-24(26)25-14)13-15-6-5-7-18(12-15)30-3/h5-13,21H,1-4H3/b19-13+/t21-/m1/s1. The fourth-order valence-electron chi connectivity index (χ4n) is 3.68. The van der Waals surface area contributed by atoms with Crippen molar-refractivity contribution in [2.24, 2.45) is 4.99 Å².